The predicted octanol–water partition coefficient (Wildman–Crippen LogP) is 0.208. The highest BCUT2D eigenvalue weighted by atomic mass is 32.2. The summed E-state index contributed by atoms with van der Waals surface area (Å²) in [6, 6.07) is 2.63. The zero-order chi connectivity index (χ0) is 15.6. The normalized spacial score (nSPS) is 13.5. The van der Waals surface area contributed by atoms with Gasteiger partial charge in [0.25, 0.3) is 0 Å². The van der Waals surface area contributed by atoms with Gasteiger partial charge in [0.15, 0.2) is 0 Å². The number of imidazole rings is 1. The van der Waals surface area contributed by atoms with E-state index in [2.05, 4.69) is 4.98 Å². The molecule has 2 rings (SSSR count). The van der Waals surface area contributed by atoms with Gasteiger partial charge >= 0.3 is 16.2 Å². The van der Waals surface area contributed by atoms with E-state index in [0.29, 0.717) is 5.69 Å². The minimum absolute atomic E-state index is 0.0972. The van der Waals surface area contributed by atoms with Crippen LogP contribution in [0.5, 0.6) is 0 Å². The lowest BCUT2D eigenvalue weighted by molar-refractivity contribution is -0.140. The number of carboxylic acids is 1. The fraction of sp³-hybridized carbons (Fsp3) is 0.333. The Morgan fingerprint density at radius 1 is 1.38 bits per heavy atom. The van der Waals surface area contributed by atoms with E-state index in [1.165, 1.54) is 26.6 Å². The van der Waals surface area contributed by atoms with Crippen molar-refractivity contribution in [2.24, 2.45) is 0 Å². The van der Waals surface area contributed by atoms with Gasteiger partial charge in [0.1, 0.15) is 12.4 Å². The monoisotopic (exact) mass is 312 g/mol. The van der Waals surface area contributed by atoms with Crippen LogP contribution in [0.2, 0.25) is 0 Å². The van der Waals surface area contributed by atoms with Crippen LogP contribution in [0.15, 0.2) is 37.1 Å². The van der Waals surface area contributed by atoms with Crippen LogP contribution < -0.4 is 0 Å². The van der Waals surface area contributed by atoms with Gasteiger partial charge in [-0.3, -0.25) is 0 Å². The quantitative estimate of drug-likeness (QED) is 0.822. The number of carboxylic acid groups (broad SMARTS) is 1. The van der Waals surface area contributed by atoms with Crippen LogP contribution in [-0.2, 0) is 21.4 Å². The van der Waals surface area contributed by atoms with Crippen molar-refractivity contribution in [3.05, 3.63) is 42.7 Å². The zero-order valence-electron chi connectivity index (χ0n) is 11.6. The molecule has 0 aliphatic rings. The number of nitrogens with zero attached hydrogens (tertiary/aromatic N) is 4. The number of aromatic nitrogens is 3. The van der Waals surface area contributed by atoms with Crippen molar-refractivity contribution in [1.29, 1.82) is 0 Å². The smallest absolute Gasteiger partial charge is 0.327 e. The lowest BCUT2D eigenvalue weighted by Gasteiger charge is -2.13. The van der Waals surface area contributed by atoms with Crippen molar-refractivity contribution in [3.63, 3.8) is 0 Å². The average molecular weight is 312 g/mol. The van der Waals surface area contributed by atoms with Gasteiger partial charge in [-0.15, -0.1) is 0 Å². The Morgan fingerprint density at radius 3 is 2.52 bits per heavy atom. The van der Waals surface area contributed by atoms with E-state index in [1.807, 2.05) is 0 Å². The molecule has 21 heavy (non-hydrogen) atoms. The van der Waals surface area contributed by atoms with Crippen molar-refractivity contribution in [1.82, 2.24) is 17.8 Å². The topological polar surface area (TPSA) is 97.4 Å². The molecule has 2 aromatic rings. The van der Waals surface area contributed by atoms with Gasteiger partial charge in [-0.2, -0.15) is 12.7 Å². The lowest BCUT2D eigenvalue weighted by atomic mass is 10.1. The van der Waals surface area contributed by atoms with Crippen LogP contribution in [0.3, 0.4) is 0 Å². The molecule has 1 atom stereocenters. The van der Waals surface area contributed by atoms with Gasteiger partial charge < -0.3 is 9.67 Å². The molecule has 114 valence electrons. The summed E-state index contributed by atoms with van der Waals surface area (Å²) in [5.41, 5.74) is 0.390. The molecule has 0 unspecified atom stereocenters. The molecule has 1 N–H and O–H groups in total. The summed E-state index contributed by atoms with van der Waals surface area (Å²) < 4.78 is 27.4. The molecule has 0 saturated carbocycles. The molecular weight excluding hydrogens is 296 g/mol. The first kappa shape index (κ1) is 15.3. The predicted molar refractivity (Wildman–Crippen MR) is 75.0 cm³/mol. The molecule has 0 fully saturated rings. The molecule has 0 aliphatic heterocycles. The van der Waals surface area contributed by atoms with Gasteiger partial charge in [-0.05, 0) is 12.1 Å². The maximum atomic E-state index is 11.9. The molecule has 0 bridgehead atoms. The van der Waals surface area contributed by atoms with E-state index >= 15 is 0 Å². The third-order valence-electron chi connectivity index (χ3n) is 3.02. The number of carbonyl (C=O) groups is 1. The first-order valence-electron chi connectivity index (χ1n) is 6.13. The molecule has 2 aromatic heterocycles. The second-order valence-electron chi connectivity index (χ2n) is 4.67. The number of hydrogen-bond donors (Lipinski definition) is 1. The van der Waals surface area contributed by atoms with E-state index in [4.69, 9.17) is 0 Å². The number of aliphatic carboxylic acids is 1. The highest BCUT2D eigenvalue weighted by Gasteiger charge is 2.22. The van der Waals surface area contributed by atoms with Crippen LogP contribution in [0.25, 0.3) is 0 Å². The number of hydrogen-bond acceptors (Lipinski definition) is 4. The molecule has 9 heteroatoms. The van der Waals surface area contributed by atoms with Crippen LogP contribution in [0, 0.1) is 0 Å². The highest BCUT2D eigenvalue weighted by Crippen LogP contribution is 2.15. The molecule has 0 radical (unpaired) electrons. The summed E-state index contributed by atoms with van der Waals surface area (Å²) in [7, 11) is -0.809. The summed E-state index contributed by atoms with van der Waals surface area (Å²) in [5.74, 6) is -1.00. The maximum Gasteiger partial charge on any atom is 0.327 e. The molecule has 0 amide bonds. The Balaban J connectivity index is 2.24. The lowest BCUT2D eigenvalue weighted by Crippen LogP contribution is -2.27. The first-order chi connectivity index (χ1) is 9.82. The summed E-state index contributed by atoms with van der Waals surface area (Å²) in [4.78, 5) is 15.3. The van der Waals surface area contributed by atoms with E-state index in [0.717, 1.165) is 8.28 Å². The largest absolute Gasteiger partial charge is 0.480 e. The summed E-state index contributed by atoms with van der Waals surface area (Å²) in [6.07, 6.45) is 5.88. The van der Waals surface area contributed by atoms with Crippen LogP contribution in [-0.4, -0.2) is 51.4 Å². The molecule has 0 spiro atoms. The molecule has 0 saturated heterocycles. The molecule has 8 nitrogen and oxygen atoms in total. The van der Waals surface area contributed by atoms with Gasteiger partial charge in [0.2, 0.25) is 0 Å². The Bertz CT molecular complexity index is 718. The van der Waals surface area contributed by atoms with Crippen molar-refractivity contribution in [2.75, 3.05) is 14.1 Å². The van der Waals surface area contributed by atoms with Crippen LogP contribution in [0.1, 0.15) is 11.7 Å². The third-order valence-corrected chi connectivity index (χ3v) is 4.67. The highest BCUT2D eigenvalue weighted by molar-refractivity contribution is 7.87. The standard InChI is InChI=1S/C12H16N4O4S/c1-14(2)21(19,20)16-8-10(13-9-16)7-11(12(17)18)15-5-3-4-6-15/h3-6,8-9,11H,7H2,1-2H3,(H,17,18)/t11-/m0/s1. The summed E-state index contributed by atoms with van der Waals surface area (Å²) in [6.45, 7) is 0. The van der Waals surface area contributed by atoms with Crippen molar-refractivity contribution in [3.8, 4) is 0 Å². The summed E-state index contributed by atoms with van der Waals surface area (Å²) >= 11 is 0. The van der Waals surface area contributed by atoms with Crippen LogP contribution >= 0.6 is 0 Å². The molecule has 0 aliphatic carbocycles. The SMILES string of the molecule is CN(C)S(=O)(=O)n1cnc(C[C@@H](C(=O)O)n2cccc2)c1. The van der Waals surface area contributed by atoms with Gasteiger partial charge in [-0.25, -0.2) is 13.8 Å². The Kier molecular flexibility index (Phi) is 4.14. The molecule has 0 aromatic carbocycles. The second-order valence-corrected chi connectivity index (χ2v) is 6.72. The Hall–Kier alpha value is -2.13. The van der Waals surface area contributed by atoms with E-state index in [1.54, 1.807) is 29.1 Å². The van der Waals surface area contributed by atoms with E-state index < -0.39 is 22.2 Å². The molecule has 2 heterocycles. The second kappa shape index (κ2) is 5.70. The van der Waals surface area contributed by atoms with Crippen LogP contribution in [0.4, 0.5) is 0 Å². The molecular formula is C12H16N4O4S. The Labute approximate surface area is 122 Å². The van der Waals surface area contributed by atoms with Gasteiger partial charge in [0, 0.05) is 39.1 Å². The van der Waals surface area contributed by atoms with Gasteiger partial charge in [0.05, 0.1) is 5.69 Å². The maximum absolute atomic E-state index is 11.9. The minimum atomic E-state index is -3.63. The fourth-order valence-corrected chi connectivity index (χ4v) is 2.64. The first-order valence-corrected chi connectivity index (χ1v) is 7.53. The third kappa shape index (κ3) is 3.14. The van der Waals surface area contributed by atoms with Gasteiger partial charge in [-0.1, -0.05) is 0 Å². The van der Waals surface area contributed by atoms with Crippen molar-refractivity contribution in [2.45, 2.75) is 12.5 Å². The summed E-state index contributed by atoms with van der Waals surface area (Å²) in [5, 5.41) is 9.28. The minimum Gasteiger partial charge on any atom is -0.480 e. The van der Waals surface area contributed by atoms with E-state index in [9.17, 15) is 18.3 Å². The fourth-order valence-electron chi connectivity index (χ4n) is 1.84. The Morgan fingerprint density at radius 2 is 2.00 bits per heavy atom. The van der Waals surface area contributed by atoms with Crippen molar-refractivity contribution < 1.29 is 18.3 Å². The van der Waals surface area contributed by atoms with Crippen molar-refractivity contribution >= 4 is 16.2 Å². The zero-order valence-corrected chi connectivity index (χ0v) is 12.4. The average Bonchev–Trinajstić information content (AvgIpc) is 3.07. The van der Waals surface area contributed by atoms with E-state index in [-0.39, 0.29) is 6.42 Å². The number of rotatable bonds is 6.